The van der Waals surface area contributed by atoms with Gasteiger partial charge < -0.3 is 5.32 Å². The fraction of sp³-hybridized carbons (Fsp3) is 0.125. The molecule has 0 aromatic heterocycles. The van der Waals surface area contributed by atoms with Gasteiger partial charge in [0.05, 0.1) is 6.54 Å². The van der Waals surface area contributed by atoms with Crippen LogP contribution in [0.15, 0.2) is 78.9 Å². The summed E-state index contributed by atoms with van der Waals surface area (Å²) in [5.41, 5.74) is -0.0952. The fourth-order valence-corrected chi connectivity index (χ4v) is 3.72. The van der Waals surface area contributed by atoms with Crippen molar-refractivity contribution in [3.8, 4) is 0 Å². The van der Waals surface area contributed by atoms with Crippen LogP contribution in [0.1, 0.15) is 21.5 Å². The molecular weight excluding hydrogens is 402 g/mol. The Balaban J connectivity index is 1.67. The Kier molecular flexibility index (Phi) is 5.33. The normalized spacial score (nSPS) is 18.2. The molecule has 0 aliphatic carbocycles. The van der Waals surface area contributed by atoms with Crippen molar-refractivity contribution in [1.82, 2.24) is 10.2 Å². The van der Waals surface area contributed by atoms with E-state index in [4.69, 9.17) is 0 Å². The van der Waals surface area contributed by atoms with E-state index in [1.807, 2.05) is 30.3 Å². The number of halogens is 2. The molecule has 0 bridgehead atoms. The van der Waals surface area contributed by atoms with Crippen LogP contribution in [-0.2, 0) is 16.8 Å². The summed E-state index contributed by atoms with van der Waals surface area (Å²) in [5.74, 6) is -3.52. The molecule has 1 unspecified atom stereocenters. The zero-order chi connectivity index (χ0) is 22.0. The van der Waals surface area contributed by atoms with Crippen molar-refractivity contribution in [3.63, 3.8) is 0 Å². The monoisotopic (exact) mass is 420 g/mol. The number of nitrogens with one attached hydrogen (secondary N) is 1. The molecule has 5 nitrogen and oxygen atoms in total. The first-order valence-corrected chi connectivity index (χ1v) is 9.62. The van der Waals surface area contributed by atoms with Crippen LogP contribution in [-0.4, -0.2) is 29.2 Å². The number of amides is 3. The number of hydrogen-bond acceptors (Lipinski definition) is 3. The molecule has 31 heavy (non-hydrogen) atoms. The molecule has 3 amide bonds. The van der Waals surface area contributed by atoms with Crippen molar-refractivity contribution >= 4 is 17.7 Å². The fourth-order valence-electron chi connectivity index (χ4n) is 3.72. The number of Topliss-reactive ketones (excluding diaryl/α,β-unsaturated/α-hetero) is 1. The van der Waals surface area contributed by atoms with E-state index in [1.54, 1.807) is 30.3 Å². The number of hydrogen-bond donors (Lipinski definition) is 1. The average Bonchev–Trinajstić information content (AvgIpc) is 3.02. The maximum absolute atomic E-state index is 13.5. The summed E-state index contributed by atoms with van der Waals surface area (Å²) in [6.07, 6.45) is 0.193. The van der Waals surface area contributed by atoms with E-state index in [0.717, 1.165) is 28.7 Å². The van der Waals surface area contributed by atoms with Crippen molar-refractivity contribution in [2.75, 3.05) is 6.54 Å². The van der Waals surface area contributed by atoms with E-state index < -0.39 is 41.4 Å². The van der Waals surface area contributed by atoms with Gasteiger partial charge in [0, 0.05) is 12.0 Å². The van der Waals surface area contributed by atoms with Gasteiger partial charge in [-0.15, -0.1) is 0 Å². The molecule has 1 N–H and O–H groups in total. The van der Waals surface area contributed by atoms with Crippen LogP contribution < -0.4 is 5.32 Å². The number of nitrogens with zero attached hydrogens (tertiary/aromatic N) is 1. The molecule has 156 valence electrons. The summed E-state index contributed by atoms with van der Waals surface area (Å²) in [4.78, 5) is 39.7. The number of imide groups is 1. The highest BCUT2D eigenvalue weighted by atomic mass is 19.2. The Labute approximate surface area is 177 Å². The van der Waals surface area contributed by atoms with Gasteiger partial charge in [-0.1, -0.05) is 60.7 Å². The highest BCUT2D eigenvalue weighted by Gasteiger charge is 2.52. The van der Waals surface area contributed by atoms with Gasteiger partial charge in [-0.25, -0.2) is 13.6 Å². The second-order valence-corrected chi connectivity index (χ2v) is 7.31. The Morgan fingerprint density at radius 3 is 2.16 bits per heavy atom. The number of ketones is 1. The van der Waals surface area contributed by atoms with Crippen LogP contribution in [0.3, 0.4) is 0 Å². The minimum absolute atomic E-state index is 0.125. The number of carbonyl (C=O) groups is 3. The van der Waals surface area contributed by atoms with Crippen LogP contribution in [0.25, 0.3) is 0 Å². The van der Waals surface area contributed by atoms with E-state index in [1.165, 1.54) is 0 Å². The maximum Gasteiger partial charge on any atom is 0.325 e. The van der Waals surface area contributed by atoms with Gasteiger partial charge in [0.15, 0.2) is 23.0 Å². The lowest BCUT2D eigenvalue weighted by atomic mass is 9.83. The topological polar surface area (TPSA) is 66.5 Å². The molecule has 1 fully saturated rings. The summed E-state index contributed by atoms with van der Waals surface area (Å²) in [7, 11) is 0. The molecule has 3 aromatic rings. The second-order valence-electron chi connectivity index (χ2n) is 7.31. The number of carbonyl (C=O) groups excluding carboxylic acids is 3. The number of benzene rings is 3. The van der Waals surface area contributed by atoms with Gasteiger partial charge in [0.25, 0.3) is 5.91 Å². The van der Waals surface area contributed by atoms with E-state index >= 15 is 0 Å². The van der Waals surface area contributed by atoms with Crippen molar-refractivity contribution < 1.29 is 23.2 Å². The van der Waals surface area contributed by atoms with Crippen LogP contribution >= 0.6 is 0 Å². The van der Waals surface area contributed by atoms with Crippen molar-refractivity contribution in [1.29, 1.82) is 0 Å². The summed E-state index contributed by atoms with van der Waals surface area (Å²) >= 11 is 0. The van der Waals surface area contributed by atoms with Gasteiger partial charge in [-0.2, -0.15) is 0 Å². The summed E-state index contributed by atoms with van der Waals surface area (Å²) in [5, 5.41) is 2.76. The summed E-state index contributed by atoms with van der Waals surface area (Å²) in [6, 6.07) is 20.0. The van der Waals surface area contributed by atoms with Crippen molar-refractivity contribution in [2.24, 2.45) is 0 Å². The molecule has 0 saturated carbocycles. The Morgan fingerprint density at radius 2 is 1.52 bits per heavy atom. The number of rotatable bonds is 6. The molecule has 7 heteroatoms. The number of urea groups is 1. The van der Waals surface area contributed by atoms with Crippen LogP contribution in [0.2, 0.25) is 0 Å². The zero-order valence-corrected chi connectivity index (χ0v) is 16.3. The first kappa shape index (κ1) is 20.4. The molecular formula is C24H18F2N2O3. The Bertz CT molecular complexity index is 1150. The summed E-state index contributed by atoms with van der Waals surface area (Å²) < 4.78 is 26.7. The van der Waals surface area contributed by atoms with E-state index in [0.29, 0.717) is 5.56 Å². The van der Waals surface area contributed by atoms with Gasteiger partial charge in [-0.05, 0) is 29.3 Å². The van der Waals surface area contributed by atoms with Crippen LogP contribution in [0, 0.1) is 11.6 Å². The molecule has 3 aromatic carbocycles. The third kappa shape index (κ3) is 3.82. The Morgan fingerprint density at radius 1 is 0.871 bits per heavy atom. The molecule has 1 saturated heterocycles. The zero-order valence-electron chi connectivity index (χ0n) is 16.3. The van der Waals surface area contributed by atoms with Gasteiger partial charge >= 0.3 is 6.03 Å². The lowest BCUT2D eigenvalue weighted by molar-refractivity contribution is -0.131. The van der Waals surface area contributed by atoms with E-state index in [-0.39, 0.29) is 12.0 Å². The first-order valence-electron chi connectivity index (χ1n) is 9.62. The van der Waals surface area contributed by atoms with Crippen LogP contribution in [0.4, 0.5) is 13.6 Å². The largest absolute Gasteiger partial charge is 0.325 e. The highest BCUT2D eigenvalue weighted by molar-refractivity contribution is 6.11. The molecule has 0 spiro atoms. The van der Waals surface area contributed by atoms with Gasteiger partial charge in [0.1, 0.15) is 0 Å². The van der Waals surface area contributed by atoms with Gasteiger partial charge in [0.2, 0.25) is 0 Å². The summed E-state index contributed by atoms with van der Waals surface area (Å²) in [6.45, 7) is -0.584. The third-order valence-corrected chi connectivity index (χ3v) is 5.30. The molecule has 4 rings (SSSR count). The molecule has 1 heterocycles. The molecule has 1 atom stereocenters. The van der Waals surface area contributed by atoms with E-state index in [9.17, 15) is 23.2 Å². The highest BCUT2D eigenvalue weighted by Crippen LogP contribution is 2.33. The minimum atomic E-state index is -1.38. The van der Waals surface area contributed by atoms with Crippen molar-refractivity contribution in [3.05, 3.63) is 107 Å². The van der Waals surface area contributed by atoms with E-state index in [2.05, 4.69) is 5.32 Å². The molecule has 1 aliphatic rings. The SMILES string of the molecule is O=C(CN1C(=O)NC(Cc2ccccc2)(c2ccccc2)C1=O)c1ccc(F)c(F)c1. The third-order valence-electron chi connectivity index (χ3n) is 5.30. The van der Waals surface area contributed by atoms with Crippen molar-refractivity contribution in [2.45, 2.75) is 12.0 Å². The lowest BCUT2D eigenvalue weighted by Gasteiger charge is -2.27. The minimum Gasteiger partial charge on any atom is -0.319 e. The smallest absolute Gasteiger partial charge is 0.319 e. The quantitative estimate of drug-likeness (QED) is 0.487. The molecule has 1 aliphatic heterocycles. The maximum atomic E-state index is 13.5. The lowest BCUT2D eigenvalue weighted by Crippen LogP contribution is -2.46. The average molecular weight is 420 g/mol. The predicted molar refractivity (Wildman–Crippen MR) is 109 cm³/mol. The van der Waals surface area contributed by atoms with Crippen LogP contribution in [0.5, 0.6) is 0 Å². The Hall–Kier alpha value is -3.87. The van der Waals surface area contributed by atoms with Gasteiger partial charge in [-0.3, -0.25) is 14.5 Å². The standard InChI is InChI=1S/C24H18F2N2O3/c25-19-12-11-17(13-20(19)26)21(29)15-28-22(30)24(27-23(28)31,18-9-5-2-6-10-18)14-16-7-3-1-4-8-16/h1-13H,14-15H2,(H,27,31). The predicted octanol–water partition coefficient (Wildman–Crippen LogP) is 3.84. The molecule has 0 radical (unpaired) electrons. The second kappa shape index (κ2) is 8.10. The first-order chi connectivity index (χ1) is 14.9.